The molecular formula is C27H38ClN3O4S. The molecule has 0 aliphatic heterocycles. The van der Waals surface area contributed by atoms with E-state index < -0.39 is 16.1 Å². The van der Waals surface area contributed by atoms with E-state index in [4.69, 9.17) is 11.6 Å². The quantitative estimate of drug-likeness (QED) is 0.394. The van der Waals surface area contributed by atoms with Crippen LogP contribution in [0.5, 0.6) is 0 Å². The normalized spacial score (nSPS) is 13.1. The number of benzene rings is 2. The molecule has 0 saturated carbocycles. The first-order valence-corrected chi connectivity index (χ1v) is 14.6. The second-order valence-electron chi connectivity index (χ2n) is 9.12. The molecule has 0 radical (unpaired) electrons. The Labute approximate surface area is 220 Å². The summed E-state index contributed by atoms with van der Waals surface area (Å²) in [5.41, 5.74) is 2.30. The summed E-state index contributed by atoms with van der Waals surface area (Å²) in [7, 11) is -3.53. The average molecular weight is 536 g/mol. The lowest BCUT2D eigenvalue weighted by Crippen LogP contribution is -2.50. The zero-order valence-corrected chi connectivity index (χ0v) is 23.4. The minimum Gasteiger partial charge on any atom is -0.352 e. The predicted octanol–water partition coefficient (Wildman–Crippen LogP) is 4.92. The zero-order valence-electron chi connectivity index (χ0n) is 21.8. The van der Waals surface area contributed by atoms with Crippen LogP contribution in [0.15, 0.2) is 48.5 Å². The first-order valence-electron chi connectivity index (χ1n) is 12.4. The van der Waals surface area contributed by atoms with Crippen LogP contribution in [0.4, 0.5) is 5.69 Å². The van der Waals surface area contributed by atoms with Crippen LogP contribution in [0.1, 0.15) is 57.6 Å². The fourth-order valence-corrected chi connectivity index (χ4v) is 5.12. The van der Waals surface area contributed by atoms with Crippen LogP contribution in [-0.4, -0.2) is 50.0 Å². The van der Waals surface area contributed by atoms with Gasteiger partial charge in [0.05, 0.1) is 11.9 Å². The van der Waals surface area contributed by atoms with E-state index in [1.54, 1.807) is 29.2 Å². The molecule has 0 heterocycles. The largest absolute Gasteiger partial charge is 0.352 e. The number of hydrogen-bond donors (Lipinski definition) is 1. The Hall–Kier alpha value is -2.58. The molecule has 9 heteroatoms. The first kappa shape index (κ1) is 29.6. The summed E-state index contributed by atoms with van der Waals surface area (Å²) in [5, 5.41) is 3.58. The van der Waals surface area contributed by atoms with Crippen LogP contribution in [0.3, 0.4) is 0 Å². The standard InChI is InChI=1S/C27H38ClN3O4S/c1-6-21(4)29-27(33)24(7-2)30(19-22-14-16-23(28)17-15-22)26(32)13-10-18-31(36(5,34)35)25-12-9-8-11-20(25)3/h8-9,11-12,14-17,21,24H,6-7,10,13,18-19H2,1-5H3,(H,29,33)/t21-,24-/m0/s1. The highest BCUT2D eigenvalue weighted by atomic mass is 35.5. The molecule has 2 rings (SSSR count). The fourth-order valence-electron chi connectivity index (χ4n) is 3.97. The molecule has 0 saturated heterocycles. The van der Waals surface area contributed by atoms with E-state index >= 15 is 0 Å². The minimum atomic E-state index is -3.53. The molecule has 0 spiro atoms. The Balaban J connectivity index is 2.23. The summed E-state index contributed by atoms with van der Waals surface area (Å²) < 4.78 is 26.3. The number of nitrogens with one attached hydrogen (secondary N) is 1. The third-order valence-electron chi connectivity index (χ3n) is 6.19. The number of carbonyl (C=O) groups excluding carboxylic acids is 2. The summed E-state index contributed by atoms with van der Waals surface area (Å²) in [6.07, 6.45) is 2.84. The fraction of sp³-hybridized carbons (Fsp3) is 0.481. The monoisotopic (exact) mass is 535 g/mol. The van der Waals surface area contributed by atoms with Gasteiger partial charge in [0.15, 0.2) is 0 Å². The SMILES string of the molecule is CC[C@H](C)NC(=O)[C@H](CC)N(Cc1ccc(Cl)cc1)C(=O)CCCN(c1ccccc1C)S(C)(=O)=O. The van der Waals surface area contributed by atoms with Crippen molar-refractivity contribution in [2.75, 3.05) is 17.1 Å². The van der Waals surface area contributed by atoms with Crippen molar-refractivity contribution in [3.8, 4) is 0 Å². The van der Waals surface area contributed by atoms with E-state index in [0.717, 1.165) is 17.5 Å². The number of amides is 2. The Kier molecular flexibility index (Phi) is 11.2. The van der Waals surface area contributed by atoms with Crippen molar-refractivity contribution < 1.29 is 18.0 Å². The molecule has 2 aromatic carbocycles. The maximum absolute atomic E-state index is 13.5. The van der Waals surface area contributed by atoms with Gasteiger partial charge in [-0.15, -0.1) is 0 Å². The van der Waals surface area contributed by atoms with Gasteiger partial charge in [0, 0.05) is 30.6 Å². The van der Waals surface area contributed by atoms with Crippen molar-refractivity contribution in [2.45, 2.75) is 72.0 Å². The van der Waals surface area contributed by atoms with E-state index in [1.807, 2.05) is 52.0 Å². The highest BCUT2D eigenvalue weighted by Gasteiger charge is 2.29. The maximum atomic E-state index is 13.5. The number of para-hydroxylation sites is 1. The molecule has 1 N–H and O–H groups in total. The summed E-state index contributed by atoms with van der Waals surface area (Å²) in [5.74, 6) is -0.388. The first-order chi connectivity index (χ1) is 17.0. The average Bonchev–Trinajstić information content (AvgIpc) is 2.82. The Morgan fingerprint density at radius 2 is 1.67 bits per heavy atom. The molecule has 0 bridgehead atoms. The van der Waals surface area contributed by atoms with E-state index in [1.165, 1.54) is 10.6 Å². The van der Waals surface area contributed by atoms with Crippen LogP contribution in [0, 0.1) is 6.92 Å². The van der Waals surface area contributed by atoms with Gasteiger partial charge in [0.2, 0.25) is 21.8 Å². The summed E-state index contributed by atoms with van der Waals surface area (Å²) >= 11 is 6.02. The number of carbonyl (C=O) groups is 2. The van der Waals surface area contributed by atoms with Gasteiger partial charge in [-0.3, -0.25) is 13.9 Å². The molecule has 0 aliphatic carbocycles. The van der Waals surface area contributed by atoms with Gasteiger partial charge in [-0.05, 0) is 62.4 Å². The number of halogens is 1. The second kappa shape index (κ2) is 13.7. The van der Waals surface area contributed by atoms with E-state index in [9.17, 15) is 18.0 Å². The molecule has 2 aromatic rings. The lowest BCUT2D eigenvalue weighted by atomic mass is 10.1. The van der Waals surface area contributed by atoms with Crippen molar-refractivity contribution in [3.05, 3.63) is 64.7 Å². The molecule has 2 atom stereocenters. The van der Waals surface area contributed by atoms with Gasteiger partial charge in [0.25, 0.3) is 0 Å². The second-order valence-corrected chi connectivity index (χ2v) is 11.5. The molecule has 198 valence electrons. The molecule has 0 fully saturated rings. The molecule has 0 unspecified atom stereocenters. The number of anilines is 1. The predicted molar refractivity (Wildman–Crippen MR) is 147 cm³/mol. The number of nitrogens with zero attached hydrogens (tertiary/aromatic N) is 2. The lowest BCUT2D eigenvalue weighted by molar-refractivity contribution is -0.141. The molecule has 7 nitrogen and oxygen atoms in total. The van der Waals surface area contributed by atoms with Crippen LogP contribution >= 0.6 is 11.6 Å². The van der Waals surface area contributed by atoms with Crippen molar-refractivity contribution in [3.63, 3.8) is 0 Å². The lowest BCUT2D eigenvalue weighted by Gasteiger charge is -2.32. The Morgan fingerprint density at radius 1 is 1.03 bits per heavy atom. The number of hydrogen-bond acceptors (Lipinski definition) is 4. The van der Waals surface area contributed by atoms with Gasteiger partial charge < -0.3 is 10.2 Å². The van der Waals surface area contributed by atoms with Gasteiger partial charge in [-0.2, -0.15) is 0 Å². The van der Waals surface area contributed by atoms with Crippen molar-refractivity contribution >= 4 is 39.1 Å². The van der Waals surface area contributed by atoms with Crippen LogP contribution in [0.2, 0.25) is 5.02 Å². The summed E-state index contributed by atoms with van der Waals surface area (Å²) in [6.45, 7) is 8.09. The van der Waals surface area contributed by atoms with Gasteiger partial charge in [-0.1, -0.05) is 55.8 Å². The molecular weight excluding hydrogens is 498 g/mol. The maximum Gasteiger partial charge on any atom is 0.243 e. The van der Waals surface area contributed by atoms with E-state index in [-0.39, 0.29) is 37.4 Å². The molecule has 36 heavy (non-hydrogen) atoms. The van der Waals surface area contributed by atoms with Gasteiger partial charge in [-0.25, -0.2) is 8.42 Å². The Bertz CT molecular complexity index is 1120. The number of sulfonamides is 1. The van der Waals surface area contributed by atoms with E-state index in [2.05, 4.69) is 5.32 Å². The topological polar surface area (TPSA) is 86.8 Å². The van der Waals surface area contributed by atoms with Gasteiger partial charge >= 0.3 is 0 Å². The van der Waals surface area contributed by atoms with Gasteiger partial charge in [0.1, 0.15) is 6.04 Å². The third kappa shape index (κ3) is 8.52. The van der Waals surface area contributed by atoms with Crippen LogP contribution in [0.25, 0.3) is 0 Å². The Morgan fingerprint density at radius 3 is 2.22 bits per heavy atom. The number of rotatable bonds is 13. The smallest absolute Gasteiger partial charge is 0.243 e. The minimum absolute atomic E-state index is 0.00327. The van der Waals surface area contributed by atoms with Crippen molar-refractivity contribution in [2.24, 2.45) is 0 Å². The molecule has 0 aliphatic rings. The van der Waals surface area contributed by atoms with Crippen molar-refractivity contribution in [1.82, 2.24) is 10.2 Å². The summed E-state index contributed by atoms with van der Waals surface area (Å²) in [4.78, 5) is 28.1. The highest BCUT2D eigenvalue weighted by Crippen LogP contribution is 2.23. The molecule has 2 amide bonds. The van der Waals surface area contributed by atoms with Crippen molar-refractivity contribution in [1.29, 1.82) is 0 Å². The van der Waals surface area contributed by atoms with Crippen LogP contribution in [-0.2, 0) is 26.2 Å². The zero-order chi connectivity index (χ0) is 26.9. The molecule has 0 aromatic heterocycles. The van der Waals surface area contributed by atoms with E-state index in [0.29, 0.717) is 23.6 Å². The highest BCUT2D eigenvalue weighted by molar-refractivity contribution is 7.92. The third-order valence-corrected chi connectivity index (χ3v) is 7.62. The summed E-state index contributed by atoms with van der Waals surface area (Å²) in [6, 6.07) is 13.8. The number of aryl methyl sites for hydroxylation is 1. The van der Waals surface area contributed by atoms with Crippen LogP contribution < -0.4 is 9.62 Å².